The third-order valence-electron chi connectivity index (χ3n) is 4.72. The largest absolute Gasteiger partial charge is 0.441 e. The molecule has 1 amide bonds. The zero-order valence-corrected chi connectivity index (χ0v) is 14.9. The van der Waals surface area contributed by atoms with Gasteiger partial charge in [0.05, 0.1) is 18.7 Å². The number of carbonyl (C=O) groups excluding carboxylic acids is 1. The van der Waals surface area contributed by atoms with Crippen LogP contribution in [0.4, 0.5) is 23.7 Å². The van der Waals surface area contributed by atoms with Gasteiger partial charge in [-0.3, -0.25) is 9.69 Å². The molecule has 1 saturated heterocycles. The molecule has 1 aromatic heterocycles. The maximum absolute atomic E-state index is 13.0. The molecule has 6 nitrogen and oxygen atoms in total. The number of aliphatic hydroxyl groups excluding tert-OH is 1. The Morgan fingerprint density at radius 2 is 1.93 bits per heavy atom. The van der Waals surface area contributed by atoms with Crippen molar-refractivity contribution in [2.45, 2.75) is 12.3 Å². The minimum absolute atomic E-state index is 0.154. The fraction of sp³-hybridized carbons (Fsp3) is 0.200. The average Bonchev–Trinajstić information content (AvgIpc) is 3.08. The predicted octanol–water partition coefficient (Wildman–Crippen LogP) is 3.53. The highest BCUT2D eigenvalue weighted by molar-refractivity contribution is 5.94. The maximum atomic E-state index is 13.0. The summed E-state index contributed by atoms with van der Waals surface area (Å²) in [7, 11) is 0. The molecule has 1 fully saturated rings. The molecular formula is C20H15F3N2O4. The van der Waals surface area contributed by atoms with E-state index in [4.69, 9.17) is 9.84 Å². The molecule has 0 radical (unpaired) electrons. The van der Waals surface area contributed by atoms with Crippen molar-refractivity contribution in [3.63, 3.8) is 0 Å². The lowest BCUT2D eigenvalue weighted by atomic mass is 10.0. The number of nitrogens with zero attached hydrogens (tertiary/aromatic N) is 1. The van der Waals surface area contributed by atoms with Crippen molar-refractivity contribution in [1.29, 1.82) is 0 Å². The molecule has 1 aliphatic rings. The summed E-state index contributed by atoms with van der Waals surface area (Å²) < 4.78 is 43.9. The summed E-state index contributed by atoms with van der Waals surface area (Å²) in [6.45, 7) is -0.155. The number of anilines is 1. The normalized spacial score (nSPS) is 17.0. The van der Waals surface area contributed by atoms with Crippen molar-refractivity contribution < 1.29 is 27.8 Å². The number of hydrogen-bond acceptors (Lipinski definition) is 4. The first kappa shape index (κ1) is 19.0. The van der Waals surface area contributed by atoms with Crippen LogP contribution in [0.5, 0.6) is 0 Å². The maximum Gasteiger partial charge on any atom is 0.416 e. The Morgan fingerprint density at radius 3 is 2.62 bits per heavy atom. The molecule has 0 aliphatic carbocycles. The molecule has 2 heterocycles. The first-order valence-electron chi connectivity index (χ1n) is 8.70. The van der Waals surface area contributed by atoms with Crippen LogP contribution in [0.15, 0.2) is 53.3 Å². The van der Waals surface area contributed by atoms with E-state index in [1.807, 2.05) is 0 Å². The summed E-state index contributed by atoms with van der Waals surface area (Å²) in [4.78, 5) is 28.4. The van der Waals surface area contributed by atoms with Crippen molar-refractivity contribution in [2.75, 3.05) is 18.1 Å². The van der Waals surface area contributed by atoms with Gasteiger partial charge in [0.15, 0.2) is 0 Å². The number of halogens is 3. The third kappa shape index (κ3) is 3.56. The molecule has 9 heteroatoms. The Labute approximate surface area is 162 Å². The monoisotopic (exact) mass is 404 g/mol. The number of cyclic esters (lactones) is 1. The van der Waals surface area contributed by atoms with E-state index in [1.54, 1.807) is 18.2 Å². The van der Waals surface area contributed by atoms with Crippen LogP contribution in [0.3, 0.4) is 0 Å². The van der Waals surface area contributed by atoms with Crippen molar-refractivity contribution >= 4 is 22.6 Å². The van der Waals surface area contributed by atoms with Crippen LogP contribution in [0.25, 0.3) is 22.0 Å². The summed E-state index contributed by atoms with van der Waals surface area (Å²) in [5.41, 5.74) is -0.393. The number of fused-ring (bicyclic) bond motifs is 1. The average molecular weight is 404 g/mol. The topological polar surface area (TPSA) is 82.6 Å². The van der Waals surface area contributed by atoms with E-state index >= 15 is 0 Å². The lowest BCUT2D eigenvalue weighted by molar-refractivity contribution is -0.137. The molecule has 1 unspecified atom stereocenters. The number of aromatic nitrogens is 1. The van der Waals surface area contributed by atoms with E-state index in [2.05, 4.69) is 4.98 Å². The molecule has 0 bridgehead atoms. The first-order valence-corrected chi connectivity index (χ1v) is 8.70. The van der Waals surface area contributed by atoms with Gasteiger partial charge in [0.2, 0.25) is 0 Å². The van der Waals surface area contributed by atoms with Crippen molar-refractivity contribution in [1.82, 2.24) is 4.98 Å². The smallest absolute Gasteiger partial charge is 0.416 e. The quantitative estimate of drug-likeness (QED) is 0.700. The molecule has 2 N–H and O–H groups in total. The number of nitrogens with one attached hydrogen (secondary N) is 1. The number of hydrogen-bond donors (Lipinski definition) is 2. The minimum atomic E-state index is -4.49. The lowest BCUT2D eigenvalue weighted by Crippen LogP contribution is -2.25. The van der Waals surface area contributed by atoms with Gasteiger partial charge in [-0.05, 0) is 41.3 Å². The van der Waals surface area contributed by atoms with Gasteiger partial charge in [-0.25, -0.2) is 4.79 Å². The van der Waals surface area contributed by atoms with Crippen LogP contribution in [0.2, 0.25) is 0 Å². The van der Waals surface area contributed by atoms with E-state index in [-0.39, 0.29) is 29.8 Å². The molecule has 4 rings (SSSR count). The lowest BCUT2D eigenvalue weighted by Gasteiger charge is -2.14. The molecular weight excluding hydrogens is 389 g/mol. The van der Waals surface area contributed by atoms with E-state index in [9.17, 15) is 22.8 Å². The molecule has 0 spiro atoms. The van der Waals surface area contributed by atoms with Gasteiger partial charge < -0.3 is 14.8 Å². The second kappa shape index (κ2) is 6.93. The van der Waals surface area contributed by atoms with E-state index < -0.39 is 29.5 Å². The number of benzene rings is 2. The fourth-order valence-corrected chi connectivity index (χ4v) is 3.26. The zero-order valence-electron chi connectivity index (χ0n) is 14.9. The fourth-order valence-electron chi connectivity index (χ4n) is 3.26. The number of aromatic amines is 1. The number of aliphatic hydroxyl groups is 1. The molecule has 1 aliphatic heterocycles. The van der Waals surface area contributed by atoms with E-state index in [1.165, 1.54) is 23.1 Å². The summed E-state index contributed by atoms with van der Waals surface area (Å²) in [6.07, 6.45) is -5.75. The molecule has 1 atom stereocenters. The van der Waals surface area contributed by atoms with Gasteiger partial charge in [-0.15, -0.1) is 0 Å². The number of pyridine rings is 1. The van der Waals surface area contributed by atoms with Crippen LogP contribution in [-0.4, -0.2) is 35.4 Å². The van der Waals surface area contributed by atoms with Gasteiger partial charge in [0.25, 0.3) is 5.56 Å². The van der Waals surface area contributed by atoms with Gasteiger partial charge in [0.1, 0.15) is 6.10 Å². The summed E-state index contributed by atoms with van der Waals surface area (Å²) in [5, 5.41) is 9.93. The van der Waals surface area contributed by atoms with E-state index in [0.717, 1.165) is 12.1 Å². The highest BCUT2D eigenvalue weighted by atomic mass is 19.4. The molecule has 29 heavy (non-hydrogen) atoms. The number of alkyl halides is 3. The number of rotatable bonds is 3. The third-order valence-corrected chi connectivity index (χ3v) is 4.72. The standard InChI is InChI=1S/C20H15F3N2O4/c21-20(22,23)13-3-1-2-12(6-13)17-7-11-4-5-14(8-16(11)18(27)24-17)25-9-15(10-26)29-19(25)28/h1-8,15,26H,9-10H2,(H,24,27). The number of carbonyl (C=O) groups is 1. The molecule has 3 aromatic rings. The summed E-state index contributed by atoms with van der Waals surface area (Å²) in [5.74, 6) is 0. The van der Waals surface area contributed by atoms with Crippen LogP contribution in [-0.2, 0) is 10.9 Å². The highest BCUT2D eigenvalue weighted by Gasteiger charge is 2.32. The first-order chi connectivity index (χ1) is 13.8. The SMILES string of the molecule is O=C1OC(CO)CN1c1ccc2cc(-c3cccc(C(F)(F)F)c3)[nH]c(=O)c2c1. The van der Waals surface area contributed by atoms with Crippen LogP contribution >= 0.6 is 0 Å². The molecule has 0 saturated carbocycles. The van der Waals surface area contributed by atoms with Gasteiger partial charge >= 0.3 is 12.3 Å². The van der Waals surface area contributed by atoms with Crippen LogP contribution in [0, 0.1) is 0 Å². The zero-order chi connectivity index (χ0) is 20.8. The van der Waals surface area contributed by atoms with Gasteiger partial charge in [0, 0.05) is 16.8 Å². The Kier molecular flexibility index (Phi) is 4.54. The summed E-state index contributed by atoms with van der Waals surface area (Å²) >= 11 is 0. The van der Waals surface area contributed by atoms with Crippen molar-refractivity contribution in [2.24, 2.45) is 0 Å². The molecule has 150 valence electrons. The Bertz CT molecular complexity index is 1160. The van der Waals surface area contributed by atoms with Crippen LogP contribution in [0.1, 0.15) is 5.56 Å². The van der Waals surface area contributed by atoms with E-state index in [0.29, 0.717) is 11.1 Å². The van der Waals surface area contributed by atoms with Crippen LogP contribution < -0.4 is 10.5 Å². The predicted molar refractivity (Wildman–Crippen MR) is 99.7 cm³/mol. The summed E-state index contributed by atoms with van der Waals surface area (Å²) in [6, 6.07) is 11.0. The van der Waals surface area contributed by atoms with Gasteiger partial charge in [-0.2, -0.15) is 13.2 Å². The van der Waals surface area contributed by atoms with Crippen molar-refractivity contribution in [3.05, 3.63) is 64.4 Å². The van der Waals surface area contributed by atoms with Gasteiger partial charge in [-0.1, -0.05) is 18.2 Å². The number of amides is 1. The Morgan fingerprint density at radius 1 is 1.14 bits per heavy atom. The Hall–Kier alpha value is -3.33. The number of ether oxygens (including phenoxy) is 1. The minimum Gasteiger partial charge on any atom is -0.441 e. The van der Waals surface area contributed by atoms with Crippen molar-refractivity contribution in [3.8, 4) is 11.3 Å². The molecule has 2 aromatic carbocycles. The second-order valence-corrected chi connectivity index (χ2v) is 6.66. The second-order valence-electron chi connectivity index (χ2n) is 6.66. The Balaban J connectivity index is 1.74. The highest BCUT2D eigenvalue weighted by Crippen LogP contribution is 2.32. The number of H-pyrrole nitrogens is 1.